The van der Waals surface area contributed by atoms with E-state index in [1.807, 2.05) is 0 Å². The van der Waals surface area contributed by atoms with Crippen LogP contribution in [-0.2, 0) is 0 Å². The zero-order valence-electron chi connectivity index (χ0n) is 8.58. The average Bonchev–Trinajstić information content (AvgIpc) is 2.07. The lowest BCUT2D eigenvalue weighted by Gasteiger charge is -2.11. The molecule has 0 bridgehead atoms. The van der Waals surface area contributed by atoms with E-state index in [0.717, 1.165) is 13.0 Å². The van der Waals surface area contributed by atoms with Gasteiger partial charge in [0.15, 0.2) is 0 Å². The zero-order valence-corrected chi connectivity index (χ0v) is 8.58. The van der Waals surface area contributed by atoms with Gasteiger partial charge in [-0.2, -0.15) is 26.3 Å². The van der Waals surface area contributed by atoms with E-state index < -0.39 is 23.5 Å². The Morgan fingerprint density at radius 1 is 0.812 bits per heavy atom. The number of alkyl halides is 6. The molecule has 0 saturated heterocycles. The lowest BCUT2D eigenvalue weighted by Crippen LogP contribution is -2.15. The summed E-state index contributed by atoms with van der Waals surface area (Å²) in [6.07, 6.45) is -7.29. The first-order chi connectivity index (χ1) is 7.12. The second-order valence-corrected chi connectivity index (χ2v) is 2.84. The van der Waals surface area contributed by atoms with Crippen LogP contribution in [0.2, 0.25) is 0 Å². The Hall–Kier alpha value is -1.20. The molecule has 0 saturated carbocycles. The normalized spacial score (nSPS) is 16.0. The van der Waals surface area contributed by atoms with Gasteiger partial charge in [0.25, 0.3) is 0 Å². The molecule has 6 heteroatoms. The molecular formula is C10H10F6. The van der Waals surface area contributed by atoms with Gasteiger partial charge in [-0.3, -0.25) is 0 Å². The van der Waals surface area contributed by atoms with Crippen molar-refractivity contribution in [2.45, 2.75) is 26.2 Å². The molecule has 0 aromatic rings. The minimum Gasteiger partial charge on any atom is -0.166 e. The summed E-state index contributed by atoms with van der Waals surface area (Å²) in [6.45, 7) is 2.32. The molecule has 0 radical (unpaired) electrons. The van der Waals surface area contributed by atoms with Crippen LogP contribution in [0.4, 0.5) is 26.3 Å². The SMILES string of the molecule is C/C=C/C(=C\C(=C/C)C(F)(F)F)C(F)(F)F. The van der Waals surface area contributed by atoms with E-state index in [1.165, 1.54) is 6.92 Å². The number of rotatable bonds is 2. The summed E-state index contributed by atoms with van der Waals surface area (Å²) in [5.74, 6) is 0. The van der Waals surface area contributed by atoms with E-state index in [0.29, 0.717) is 12.2 Å². The highest BCUT2D eigenvalue weighted by Crippen LogP contribution is 2.32. The van der Waals surface area contributed by atoms with Crippen molar-refractivity contribution in [3.8, 4) is 0 Å². The first-order valence-electron chi connectivity index (χ1n) is 4.28. The van der Waals surface area contributed by atoms with Crippen molar-refractivity contribution in [2.75, 3.05) is 0 Å². The first kappa shape index (κ1) is 14.8. The maximum absolute atomic E-state index is 12.3. The fraction of sp³-hybridized carbons (Fsp3) is 0.400. The van der Waals surface area contributed by atoms with Gasteiger partial charge < -0.3 is 0 Å². The number of halogens is 6. The molecule has 0 heterocycles. The van der Waals surface area contributed by atoms with Crippen molar-refractivity contribution in [1.82, 2.24) is 0 Å². The van der Waals surface area contributed by atoms with E-state index in [1.54, 1.807) is 0 Å². The third-order valence-electron chi connectivity index (χ3n) is 1.62. The van der Waals surface area contributed by atoms with Crippen molar-refractivity contribution in [3.05, 3.63) is 35.5 Å². The smallest absolute Gasteiger partial charge is 0.166 e. The van der Waals surface area contributed by atoms with Crippen LogP contribution in [-0.4, -0.2) is 12.4 Å². The Kier molecular flexibility index (Phi) is 4.83. The monoisotopic (exact) mass is 244 g/mol. The summed E-state index contributed by atoms with van der Waals surface area (Å²) >= 11 is 0. The van der Waals surface area contributed by atoms with E-state index in [4.69, 9.17) is 0 Å². The van der Waals surface area contributed by atoms with Gasteiger partial charge in [-0.05, 0) is 19.9 Å². The molecule has 0 spiro atoms. The minimum atomic E-state index is -4.80. The lowest BCUT2D eigenvalue weighted by atomic mass is 10.1. The van der Waals surface area contributed by atoms with Gasteiger partial charge in [-0.15, -0.1) is 0 Å². The molecule has 0 aliphatic rings. The first-order valence-corrected chi connectivity index (χ1v) is 4.28. The fourth-order valence-corrected chi connectivity index (χ4v) is 0.900. The molecule has 0 nitrogen and oxygen atoms in total. The second kappa shape index (κ2) is 5.23. The van der Waals surface area contributed by atoms with Gasteiger partial charge in [-0.25, -0.2) is 0 Å². The Labute approximate surface area is 88.9 Å². The van der Waals surface area contributed by atoms with Crippen LogP contribution in [0.5, 0.6) is 0 Å². The van der Waals surface area contributed by atoms with Crippen LogP contribution >= 0.6 is 0 Å². The largest absolute Gasteiger partial charge is 0.416 e. The molecule has 0 fully saturated rings. The van der Waals surface area contributed by atoms with Gasteiger partial charge >= 0.3 is 12.4 Å². The van der Waals surface area contributed by atoms with Gasteiger partial charge in [-0.1, -0.05) is 18.2 Å². The molecule has 0 rings (SSSR count). The summed E-state index contributed by atoms with van der Waals surface area (Å²) in [6, 6.07) is 0. The minimum absolute atomic E-state index is 0.0833. The predicted molar refractivity (Wildman–Crippen MR) is 48.8 cm³/mol. The molecule has 0 N–H and O–H groups in total. The standard InChI is InChI=1S/C10H10F6/c1-3-5-8(10(14,15)16)6-7(4-2)9(11,12)13/h3-6H,1-2H3/b5-3+,7-4+,8-6+. The topological polar surface area (TPSA) is 0 Å². The highest BCUT2D eigenvalue weighted by atomic mass is 19.4. The van der Waals surface area contributed by atoms with Crippen molar-refractivity contribution in [1.29, 1.82) is 0 Å². The number of allylic oxidation sites excluding steroid dienone is 6. The van der Waals surface area contributed by atoms with Crippen molar-refractivity contribution in [2.24, 2.45) is 0 Å². The summed E-state index contributed by atoms with van der Waals surface area (Å²) < 4.78 is 73.4. The average molecular weight is 244 g/mol. The van der Waals surface area contributed by atoms with Crippen LogP contribution in [0.1, 0.15) is 13.8 Å². The second-order valence-electron chi connectivity index (χ2n) is 2.84. The van der Waals surface area contributed by atoms with Crippen LogP contribution in [0.3, 0.4) is 0 Å². The molecule has 0 aromatic carbocycles. The molecular weight excluding hydrogens is 234 g/mol. The van der Waals surface area contributed by atoms with Gasteiger partial charge in [0.1, 0.15) is 0 Å². The lowest BCUT2D eigenvalue weighted by molar-refractivity contribution is -0.0934. The molecule has 0 unspecified atom stereocenters. The fourth-order valence-electron chi connectivity index (χ4n) is 0.900. The molecule has 92 valence electrons. The third-order valence-corrected chi connectivity index (χ3v) is 1.62. The van der Waals surface area contributed by atoms with Crippen LogP contribution in [0, 0.1) is 0 Å². The van der Waals surface area contributed by atoms with E-state index >= 15 is 0 Å². The van der Waals surface area contributed by atoms with Crippen LogP contribution in [0.15, 0.2) is 35.5 Å². The van der Waals surface area contributed by atoms with E-state index in [9.17, 15) is 26.3 Å². The quantitative estimate of drug-likeness (QED) is 0.493. The summed E-state index contributed by atoms with van der Waals surface area (Å²) in [7, 11) is 0. The number of hydrogen-bond acceptors (Lipinski definition) is 0. The molecule has 0 aliphatic carbocycles. The highest BCUT2D eigenvalue weighted by molar-refractivity contribution is 5.35. The van der Waals surface area contributed by atoms with E-state index in [2.05, 4.69) is 0 Å². The maximum Gasteiger partial charge on any atom is 0.416 e. The summed E-state index contributed by atoms with van der Waals surface area (Å²) in [5, 5.41) is 0. The van der Waals surface area contributed by atoms with Gasteiger partial charge in [0, 0.05) is 0 Å². The van der Waals surface area contributed by atoms with Crippen molar-refractivity contribution >= 4 is 0 Å². The third kappa shape index (κ3) is 4.55. The molecule has 0 aromatic heterocycles. The van der Waals surface area contributed by atoms with Gasteiger partial charge in [0.05, 0.1) is 11.1 Å². The summed E-state index contributed by atoms with van der Waals surface area (Å²) in [5.41, 5.74) is -2.65. The zero-order chi connectivity index (χ0) is 13.0. The predicted octanol–water partition coefficient (Wildman–Crippen LogP) is 4.56. The Morgan fingerprint density at radius 3 is 1.50 bits per heavy atom. The Morgan fingerprint density at radius 2 is 1.25 bits per heavy atom. The van der Waals surface area contributed by atoms with Crippen LogP contribution < -0.4 is 0 Å². The molecule has 0 aliphatic heterocycles. The van der Waals surface area contributed by atoms with E-state index in [-0.39, 0.29) is 6.08 Å². The molecule has 0 atom stereocenters. The van der Waals surface area contributed by atoms with Crippen molar-refractivity contribution < 1.29 is 26.3 Å². The molecule has 16 heavy (non-hydrogen) atoms. The van der Waals surface area contributed by atoms with Gasteiger partial charge in [0.2, 0.25) is 0 Å². The van der Waals surface area contributed by atoms with Crippen molar-refractivity contribution in [3.63, 3.8) is 0 Å². The Bertz CT molecular complexity index is 313. The molecule has 0 amide bonds. The van der Waals surface area contributed by atoms with Crippen LogP contribution in [0.25, 0.3) is 0 Å². The summed E-state index contributed by atoms with van der Waals surface area (Å²) in [4.78, 5) is 0. The highest BCUT2D eigenvalue weighted by Gasteiger charge is 2.36. The Balaban J connectivity index is 5.38. The number of hydrogen-bond donors (Lipinski definition) is 0. The maximum atomic E-state index is 12.3.